The van der Waals surface area contributed by atoms with E-state index in [4.69, 9.17) is 9.47 Å². The molecule has 0 atom stereocenters. The maximum atomic E-state index is 12.0. The van der Waals surface area contributed by atoms with Gasteiger partial charge in [0.25, 0.3) is 0 Å². The van der Waals surface area contributed by atoms with Crippen LogP contribution in [0.3, 0.4) is 0 Å². The maximum absolute atomic E-state index is 12.0. The van der Waals surface area contributed by atoms with E-state index >= 15 is 0 Å². The van der Waals surface area contributed by atoms with Gasteiger partial charge < -0.3 is 20.1 Å². The summed E-state index contributed by atoms with van der Waals surface area (Å²) in [5.74, 6) is 0.931. The number of methoxy groups -OCH3 is 2. The molecule has 0 bridgehead atoms. The Morgan fingerprint density at radius 2 is 2.19 bits per heavy atom. The molecule has 0 aliphatic carbocycles. The maximum Gasteiger partial charge on any atom is 0.238 e. The Bertz CT molecular complexity index is 533. The number of benzene rings is 1. The molecule has 1 aromatic carbocycles. The third-order valence-corrected chi connectivity index (χ3v) is 3.17. The average molecular weight is 293 g/mol. The highest BCUT2D eigenvalue weighted by atomic mass is 16.5. The first-order valence-electron chi connectivity index (χ1n) is 6.63. The van der Waals surface area contributed by atoms with Gasteiger partial charge in [0.1, 0.15) is 11.5 Å². The minimum atomic E-state index is -0.187. The number of nitrogens with one attached hydrogen (secondary N) is 2. The highest BCUT2D eigenvalue weighted by Gasteiger charge is 2.19. The zero-order valence-electron chi connectivity index (χ0n) is 12.1. The zero-order chi connectivity index (χ0) is 15.2. The Balaban J connectivity index is 1.97. The van der Waals surface area contributed by atoms with Crippen molar-refractivity contribution in [3.05, 3.63) is 18.2 Å². The summed E-state index contributed by atoms with van der Waals surface area (Å²) in [5.41, 5.74) is 0.574. The Kier molecular flexibility index (Phi) is 4.99. The minimum absolute atomic E-state index is 0.0592. The van der Waals surface area contributed by atoms with Gasteiger partial charge in [-0.2, -0.15) is 0 Å². The number of amides is 2. The van der Waals surface area contributed by atoms with Crippen LogP contribution in [0.2, 0.25) is 0 Å². The second-order valence-corrected chi connectivity index (χ2v) is 4.67. The molecule has 2 amide bonds. The highest BCUT2D eigenvalue weighted by Crippen LogP contribution is 2.28. The van der Waals surface area contributed by atoms with Gasteiger partial charge in [0.15, 0.2) is 0 Å². The fraction of sp³-hybridized carbons (Fsp3) is 0.429. The molecule has 0 saturated carbocycles. The van der Waals surface area contributed by atoms with Crippen LogP contribution in [0.15, 0.2) is 18.2 Å². The summed E-state index contributed by atoms with van der Waals surface area (Å²) in [6.45, 7) is 1.65. The van der Waals surface area contributed by atoms with Crippen molar-refractivity contribution in [3.8, 4) is 11.5 Å². The molecule has 1 saturated heterocycles. The molecule has 114 valence electrons. The Hall–Kier alpha value is -2.28. The van der Waals surface area contributed by atoms with Crippen LogP contribution in [0.4, 0.5) is 5.69 Å². The number of ether oxygens (including phenoxy) is 2. The molecule has 0 radical (unpaired) electrons. The van der Waals surface area contributed by atoms with Crippen molar-refractivity contribution >= 4 is 17.5 Å². The summed E-state index contributed by atoms with van der Waals surface area (Å²) >= 11 is 0. The zero-order valence-corrected chi connectivity index (χ0v) is 12.1. The van der Waals surface area contributed by atoms with E-state index in [9.17, 15) is 9.59 Å². The lowest BCUT2D eigenvalue weighted by Gasteiger charge is -2.25. The van der Waals surface area contributed by atoms with Gasteiger partial charge in [-0.25, -0.2) is 0 Å². The summed E-state index contributed by atoms with van der Waals surface area (Å²) in [5, 5.41) is 5.50. The molecule has 7 nitrogen and oxygen atoms in total. The Morgan fingerprint density at radius 1 is 1.38 bits per heavy atom. The molecule has 21 heavy (non-hydrogen) atoms. The van der Waals surface area contributed by atoms with Crippen LogP contribution in [0.1, 0.15) is 0 Å². The third kappa shape index (κ3) is 4.09. The fourth-order valence-corrected chi connectivity index (χ4v) is 2.12. The SMILES string of the molecule is COc1ccc(NC(=O)CN2CCNC(=O)C2)c(OC)c1. The van der Waals surface area contributed by atoms with E-state index in [0.717, 1.165) is 0 Å². The Morgan fingerprint density at radius 3 is 2.86 bits per heavy atom. The normalized spacial score (nSPS) is 15.2. The molecule has 1 aromatic rings. The van der Waals surface area contributed by atoms with Crippen LogP contribution >= 0.6 is 0 Å². The topological polar surface area (TPSA) is 79.9 Å². The second-order valence-electron chi connectivity index (χ2n) is 4.67. The molecular weight excluding hydrogens is 274 g/mol. The van der Waals surface area contributed by atoms with Crippen LogP contribution in [0, 0.1) is 0 Å². The molecule has 2 N–H and O–H groups in total. The molecule has 7 heteroatoms. The first kappa shape index (κ1) is 15.1. The van der Waals surface area contributed by atoms with Gasteiger partial charge in [0, 0.05) is 19.2 Å². The van der Waals surface area contributed by atoms with E-state index in [1.165, 1.54) is 7.11 Å². The second kappa shape index (κ2) is 6.94. The average Bonchev–Trinajstić information content (AvgIpc) is 2.47. The molecule has 1 aliphatic heterocycles. The number of anilines is 1. The summed E-state index contributed by atoms with van der Waals surface area (Å²) in [7, 11) is 3.09. The van der Waals surface area contributed by atoms with Gasteiger partial charge >= 0.3 is 0 Å². The quantitative estimate of drug-likeness (QED) is 0.803. The fourth-order valence-electron chi connectivity index (χ4n) is 2.12. The summed E-state index contributed by atoms with van der Waals surface area (Å²) in [6, 6.07) is 5.16. The first-order valence-corrected chi connectivity index (χ1v) is 6.63. The van der Waals surface area contributed by atoms with Crippen molar-refractivity contribution in [2.24, 2.45) is 0 Å². The summed E-state index contributed by atoms with van der Waals surface area (Å²) in [4.78, 5) is 25.1. The number of nitrogens with zero attached hydrogens (tertiary/aromatic N) is 1. The largest absolute Gasteiger partial charge is 0.497 e. The molecule has 1 aliphatic rings. The van der Waals surface area contributed by atoms with Crippen LogP contribution in [0.25, 0.3) is 0 Å². The third-order valence-electron chi connectivity index (χ3n) is 3.17. The van der Waals surface area contributed by atoms with Gasteiger partial charge in [0.05, 0.1) is 33.0 Å². The van der Waals surface area contributed by atoms with Gasteiger partial charge in [-0.15, -0.1) is 0 Å². The molecule has 0 unspecified atom stereocenters. The standard InChI is InChI=1S/C14H19N3O4/c1-20-10-3-4-11(12(7-10)21-2)16-14(19)9-17-6-5-15-13(18)8-17/h3-4,7H,5-6,8-9H2,1-2H3,(H,15,18)(H,16,19). The van der Waals surface area contributed by atoms with Gasteiger partial charge in [-0.05, 0) is 12.1 Å². The van der Waals surface area contributed by atoms with Gasteiger partial charge in [-0.1, -0.05) is 0 Å². The number of carbonyl (C=O) groups excluding carboxylic acids is 2. The first-order chi connectivity index (χ1) is 10.1. The lowest BCUT2D eigenvalue weighted by molar-refractivity contribution is -0.125. The summed E-state index contributed by atoms with van der Waals surface area (Å²) < 4.78 is 10.3. The molecular formula is C14H19N3O4. The minimum Gasteiger partial charge on any atom is -0.497 e. The van der Waals surface area contributed by atoms with Crippen molar-refractivity contribution in [3.63, 3.8) is 0 Å². The number of carbonyl (C=O) groups is 2. The molecule has 0 aromatic heterocycles. The lowest BCUT2D eigenvalue weighted by Crippen LogP contribution is -2.49. The van der Waals surface area contributed by atoms with Crippen molar-refractivity contribution in [1.82, 2.24) is 10.2 Å². The lowest BCUT2D eigenvalue weighted by atomic mass is 10.2. The van der Waals surface area contributed by atoms with Gasteiger partial charge in [-0.3, -0.25) is 14.5 Å². The Labute approximate surface area is 123 Å². The van der Waals surface area contributed by atoms with E-state index in [0.29, 0.717) is 30.3 Å². The molecule has 2 rings (SSSR count). The van der Waals surface area contributed by atoms with Crippen LogP contribution in [0.5, 0.6) is 11.5 Å². The van der Waals surface area contributed by atoms with E-state index in [1.54, 1.807) is 30.2 Å². The smallest absolute Gasteiger partial charge is 0.238 e. The van der Waals surface area contributed by atoms with Crippen molar-refractivity contribution in [2.45, 2.75) is 0 Å². The highest BCUT2D eigenvalue weighted by molar-refractivity contribution is 5.94. The monoisotopic (exact) mass is 293 g/mol. The predicted molar refractivity (Wildman–Crippen MR) is 77.6 cm³/mol. The van der Waals surface area contributed by atoms with E-state index in [-0.39, 0.29) is 24.9 Å². The van der Waals surface area contributed by atoms with Crippen LogP contribution < -0.4 is 20.1 Å². The number of piperazine rings is 1. The predicted octanol–water partition coefficient (Wildman–Crippen LogP) is 0.0741. The molecule has 1 fully saturated rings. The van der Waals surface area contributed by atoms with Crippen LogP contribution in [-0.4, -0.2) is 57.1 Å². The van der Waals surface area contributed by atoms with Crippen molar-refractivity contribution < 1.29 is 19.1 Å². The van der Waals surface area contributed by atoms with Gasteiger partial charge in [0.2, 0.25) is 11.8 Å². The number of hydrogen-bond acceptors (Lipinski definition) is 5. The van der Waals surface area contributed by atoms with Crippen molar-refractivity contribution in [1.29, 1.82) is 0 Å². The number of rotatable bonds is 5. The number of hydrogen-bond donors (Lipinski definition) is 2. The molecule has 1 heterocycles. The van der Waals surface area contributed by atoms with E-state index < -0.39 is 0 Å². The van der Waals surface area contributed by atoms with Crippen molar-refractivity contribution in [2.75, 3.05) is 45.7 Å². The van der Waals surface area contributed by atoms with Crippen LogP contribution in [-0.2, 0) is 9.59 Å². The van der Waals surface area contributed by atoms with E-state index in [1.807, 2.05) is 0 Å². The molecule has 0 spiro atoms. The summed E-state index contributed by atoms with van der Waals surface area (Å²) in [6.07, 6.45) is 0. The van der Waals surface area contributed by atoms with E-state index in [2.05, 4.69) is 10.6 Å².